The molecule has 0 fully saturated rings. The van der Waals surface area contributed by atoms with Gasteiger partial charge in [0.05, 0.1) is 0 Å². The first-order valence-corrected chi connectivity index (χ1v) is 5.18. The number of halogens is 1. The van der Waals surface area contributed by atoms with E-state index in [-0.39, 0.29) is 32.5 Å². The van der Waals surface area contributed by atoms with Gasteiger partial charge in [0.15, 0.2) is 0 Å². The quantitative estimate of drug-likeness (QED) is 0.542. The summed E-state index contributed by atoms with van der Waals surface area (Å²) >= 11 is 3.28. The number of rotatable bonds is 2. The van der Waals surface area contributed by atoms with Crippen LogP contribution in [0.25, 0.3) is 0 Å². The first-order valence-electron chi connectivity index (χ1n) is 1.82. The standard InChI is InChI=1S/C3H5BrO2.Hg/c4-2-1-3(5)6;/h1-2H2,(H,5,6);/q;+1/p-1. The summed E-state index contributed by atoms with van der Waals surface area (Å²) in [5.74, 6) is -0.0831. The molecule has 0 rings (SSSR count). The van der Waals surface area contributed by atoms with Crippen LogP contribution in [-0.2, 0) is 34.0 Å². The van der Waals surface area contributed by atoms with E-state index in [9.17, 15) is 4.79 Å². The van der Waals surface area contributed by atoms with Crippen LogP contribution in [0.4, 0.5) is 0 Å². The monoisotopic (exact) mass is 353 g/mol. The predicted octanol–water partition coefficient (Wildman–Crippen LogP) is 0.776. The van der Waals surface area contributed by atoms with Gasteiger partial charge < -0.3 is 0 Å². The van der Waals surface area contributed by atoms with Crippen LogP contribution in [0.15, 0.2) is 0 Å². The third kappa shape index (κ3) is 4.74. The van der Waals surface area contributed by atoms with Crippen LogP contribution in [0.1, 0.15) is 6.42 Å². The summed E-state index contributed by atoms with van der Waals surface area (Å²) in [5.41, 5.74) is 0. The van der Waals surface area contributed by atoms with Gasteiger partial charge in [0, 0.05) is 0 Å². The van der Waals surface area contributed by atoms with Crippen molar-refractivity contribution in [1.82, 2.24) is 0 Å². The second kappa shape index (κ2) is 5.03. The van der Waals surface area contributed by atoms with E-state index in [2.05, 4.69) is 18.6 Å². The van der Waals surface area contributed by atoms with Crippen molar-refractivity contribution in [2.45, 2.75) is 6.42 Å². The summed E-state index contributed by atoms with van der Waals surface area (Å²) in [7, 11) is 0. The second-order valence-corrected chi connectivity index (χ2v) is 2.87. The van der Waals surface area contributed by atoms with Crippen molar-refractivity contribution >= 4 is 21.9 Å². The molecule has 37 valence electrons. The van der Waals surface area contributed by atoms with Gasteiger partial charge in [-0.2, -0.15) is 0 Å². The van der Waals surface area contributed by atoms with Crippen molar-refractivity contribution < 1.29 is 34.0 Å². The van der Waals surface area contributed by atoms with E-state index in [1.807, 2.05) is 0 Å². The zero-order valence-corrected chi connectivity index (χ0v) is 10.9. The Balaban J connectivity index is 3.00. The topological polar surface area (TPSA) is 26.3 Å². The molecule has 0 aromatic rings. The molecule has 0 aromatic carbocycles. The van der Waals surface area contributed by atoms with E-state index in [0.717, 1.165) is 0 Å². The average molecular weight is 353 g/mol. The SMILES string of the molecule is O=C(CCBr)[O][Hg]. The molecule has 0 saturated heterocycles. The fourth-order valence-corrected chi connectivity index (χ4v) is 1.03. The van der Waals surface area contributed by atoms with E-state index in [1.165, 1.54) is 0 Å². The van der Waals surface area contributed by atoms with Gasteiger partial charge in [0.25, 0.3) is 0 Å². The molecule has 0 amide bonds. The van der Waals surface area contributed by atoms with Crippen LogP contribution in [-0.4, -0.2) is 11.3 Å². The van der Waals surface area contributed by atoms with Crippen molar-refractivity contribution in [3.05, 3.63) is 0 Å². The summed E-state index contributed by atoms with van der Waals surface area (Å²) in [6, 6.07) is 0. The summed E-state index contributed by atoms with van der Waals surface area (Å²) in [5, 5.41) is 0.711. The molecule has 0 unspecified atom stereocenters. The molecule has 0 atom stereocenters. The summed E-state index contributed by atoms with van der Waals surface area (Å²) < 4.78 is 4.52. The fourth-order valence-electron chi connectivity index (χ4n) is 0.149. The molecule has 4 heteroatoms. The van der Waals surface area contributed by atoms with Gasteiger partial charge in [-0.3, -0.25) is 0 Å². The van der Waals surface area contributed by atoms with Gasteiger partial charge in [-0.05, 0) is 0 Å². The van der Waals surface area contributed by atoms with Gasteiger partial charge in [-0.1, -0.05) is 0 Å². The maximum atomic E-state index is 10.2. The molecule has 0 aromatic heterocycles. The number of hydrogen-bond donors (Lipinski definition) is 0. The number of alkyl halides is 1. The van der Waals surface area contributed by atoms with E-state index in [4.69, 9.17) is 0 Å². The molecule has 0 radical (unpaired) electrons. The average Bonchev–Trinajstić information content (AvgIpc) is 1.68. The van der Waals surface area contributed by atoms with Crippen LogP contribution in [0.2, 0.25) is 0 Å². The molecule has 2 nitrogen and oxygen atoms in total. The fraction of sp³-hybridized carbons (Fsp3) is 0.667. The van der Waals surface area contributed by atoms with Gasteiger partial charge in [0.1, 0.15) is 0 Å². The molecule has 7 heavy (non-hydrogen) atoms. The Bertz CT molecular complexity index is 66.0. The molecule has 0 spiro atoms. The Kier molecular flexibility index (Phi) is 5.67. The van der Waals surface area contributed by atoms with Gasteiger partial charge in [0.2, 0.25) is 0 Å². The van der Waals surface area contributed by atoms with Gasteiger partial charge in [-0.15, -0.1) is 0 Å². The number of carbonyl (C=O) groups excluding carboxylic acids is 1. The van der Waals surface area contributed by atoms with Crippen LogP contribution in [0.3, 0.4) is 0 Å². The molecule has 0 bridgehead atoms. The summed E-state index contributed by atoms with van der Waals surface area (Å²) in [6.45, 7) is 0. The molecule has 0 aliphatic rings. The van der Waals surface area contributed by atoms with E-state index >= 15 is 0 Å². The summed E-state index contributed by atoms with van der Waals surface area (Å²) in [6.07, 6.45) is 0.503. The molecule has 0 N–H and O–H groups in total. The van der Waals surface area contributed by atoms with Crippen molar-refractivity contribution in [2.75, 3.05) is 5.33 Å². The first kappa shape index (κ1) is 7.89. The molecule has 0 heterocycles. The molecular formula is C3H4BrHgO2. The second-order valence-electron chi connectivity index (χ2n) is 0.955. The van der Waals surface area contributed by atoms with Crippen molar-refractivity contribution in [3.63, 3.8) is 0 Å². The van der Waals surface area contributed by atoms with Crippen LogP contribution >= 0.6 is 15.9 Å². The minimum absolute atomic E-state index is 0.0831. The maximum absolute atomic E-state index is 10.2. The Morgan fingerprint density at radius 3 is 2.57 bits per heavy atom. The minimum atomic E-state index is -0.0831. The number of carbonyl (C=O) groups is 1. The first-order chi connectivity index (χ1) is 3.31. The van der Waals surface area contributed by atoms with Gasteiger partial charge in [-0.25, -0.2) is 0 Å². The molecular weight excluding hydrogens is 349 g/mol. The Morgan fingerprint density at radius 1 is 1.86 bits per heavy atom. The van der Waals surface area contributed by atoms with E-state index in [1.54, 1.807) is 0 Å². The molecule has 0 aliphatic heterocycles. The molecule has 0 saturated carbocycles. The van der Waals surface area contributed by atoms with Crippen molar-refractivity contribution in [3.8, 4) is 0 Å². The zero-order valence-electron chi connectivity index (χ0n) is 3.82. The van der Waals surface area contributed by atoms with Crippen LogP contribution < -0.4 is 0 Å². The zero-order chi connectivity index (χ0) is 5.70. The summed E-state index contributed by atoms with van der Waals surface area (Å²) in [4.78, 5) is 10.2. The van der Waals surface area contributed by atoms with Gasteiger partial charge >= 0.3 is 67.7 Å². The Labute approximate surface area is 67.4 Å². The van der Waals surface area contributed by atoms with Crippen molar-refractivity contribution in [2.24, 2.45) is 0 Å². The van der Waals surface area contributed by atoms with Crippen LogP contribution in [0.5, 0.6) is 0 Å². The number of hydrogen-bond acceptors (Lipinski definition) is 2. The van der Waals surface area contributed by atoms with Crippen LogP contribution in [0, 0.1) is 0 Å². The van der Waals surface area contributed by atoms with E-state index < -0.39 is 0 Å². The molecule has 0 aliphatic carbocycles. The predicted molar refractivity (Wildman–Crippen MR) is 24.5 cm³/mol. The third-order valence-electron chi connectivity index (χ3n) is 0.460. The Hall–Kier alpha value is 0.885. The Morgan fingerprint density at radius 2 is 2.43 bits per heavy atom. The third-order valence-corrected chi connectivity index (χ3v) is 2.11. The van der Waals surface area contributed by atoms with E-state index in [0.29, 0.717) is 11.8 Å². The normalized spacial score (nSPS) is 8.43. The van der Waals surface area contributed by atoms with Crippen molar-refractivity contribution in [1.29, 1.82) is 0 Å².